The lowest BCUT2D eigenvalue weighted by atomic mass is 10.4. The minimum atomic E-state index is -1.06. The van der Waals surface area contributed by atoms with Crippen LogP contribution in [0.5, 0.6) is 0 Å². The van der Waals surface area contributed by atoms with Gasteiger partial charge >= 0.3 is 5.97 Å². The van der Waals surface area contributed by atoms with Crippen molar-refractivity contribution >= 4 is 11.9 Å². The van der Waals surface area contributed by atoms with Crippen LogP contribution >= 0.6 is 0 Å². The molecule has 2 aromatic rings. The van der Waals surface area contributed by atoms with Gasteiger partial charge in [-0.2, -0.15) is 0 Å². The molecule has 2 N–H and O–H groups in total. The summed E-state index contributed by atoms with van der Waals surface area (Å²) in [6.45, 7) is 1.57. The van der Waals surface area contributed by atoms with Gasteiger partial charge in [-0.3, -0.25) is 0 Å². The Morgan fingerprint density at radius 3 is 3.06 bits per heavy atom. The van der Waals surface area contributed by atoms with E-state index in [1.165, 1.54) is 6.07 Å². The SMILES string of the molecule is O=C(O)c1ccc(NCCCn2ccnc2)o1. The number of hydrogen-bond acceptors (Lipinski definition) is 4. The molecular formula is C11H13N3O3. The number of nitrogens with zero attached hydrogens (tertiary/aromatic N) is 2. The number of hydrogen-bond donors (Lipinski definition) is 2. The molecular weight excluding hydrogens is 222 g/mol. The number of rotatable bonds is 6. The molecule has 6 heteroatoms. The monoisotopic (exact) mass is 235 g/mol. The van der Waals surface area contributed by atoms with E-state index in [0.717, 1.165) is 13.0 Å². The number of aryl methyl sites for hydroxylation is 1. The summed E-state index contributed by atoms with van der Waals surface area (Å²) >= 11 is 0. The van der Waals surface area contributed by atoms with Crippen molar-refractivity contribution in [2.75, 3.05) is 11.9 Å². The molecule has 90 valence electrons. The van der Waals surface area contributed by atoms with Crippen LogP contribution in [0.3, 0.4) is 0 Å². The predicted molar refractivity (Wildman–Crippen MR) is 61.0 cm³/mol. The Bertz CT molecular complexity index is 476. The molecule has 0 atom stereocenters. The predicted octanol–water partition coefficient (Wildman–Crippen LogP) is 1.68. The first-order valence-electron chi connectivity index (χ1n) is 5.28. The average molecular weight is 235 g/mol. The van der Waals surface area contributed by atoms with E-state index in [0.29, 0.717) is 12.4 Å². The zero-order valence-corrected chi connectivity index (χ0v) is 9.17. The molecule has 0 aliphatic heterocycles. The topological polar surface area (TPSA) is 80.3 Å². The van der Waals surface area contributed by atoms with Crippen LogP contribution in [0.15, 0.2) is 35.3 Å². The standard InChI is InChI=1S/C11H13N3O3/c15-11(16)9-2-3-10(17-9)13-4-1-6-14-7-5-12-8-14/h2-3,5,7-8,13H,1,4,6H2,(H,15,16). The number of nitrogens with one attached hydrogen (secondary N) is 1. The maximum absolute atomic E-state index is 10.6. The third-order valence-corrected chi connectivity index (χ3v) is 2.27. The molecule has 2 rings (SSSR count). The Balaban J connectivity index is 1.72. The van der Waals surface area contributed by atoms with Crippen molar-refractivity contribution in [3.05, 3.63) is 36.6 Å². The van der Waals surface area contributed by atoms with Crippen LogP contribution < -0.4 is 5.32 Å². The summed E-state index contributed by atoms with van der Waals surface area (Å²) in [6, 6.07) is 3.04. The number of carboxylic acids is 1. The minimum absolute atomic E-state index is 0.0536. The molecule has 2 aromatic heterocycles. The molecule has 17 heavy (non-hydrogen) atoms. The Hall–Kier alpha value is -2.24. The molecule has 0 aliphatic carbocycles. The van der Waals surface area contributed by atoms with Gasteiger partial charge in [-0.05, 0) is 12.5 Å². The highest BCUT2D eigenvalue weighted by atomic mass is 16.4. The molecule has 0 amide bonds. The molecule has 2 heterocycles. The summed E-state index contributed by atoms with van der Waals surface area (Å²) in [4.78, 5) is 14.5. The zero-order valence-electron chi connectivity index (χ0n) is 9.17. The molecule has 0 saturated heterocycles. The molecule has 6 nitrogen and oxygen atoms in total. The Morgan fingerprint density at radius 2 is 2.41 bits per heavy atom. The van der Waals surface area contributed by atoms with Gasteiger partial charge in [0, 0.05) is 31.5 Å². The van der Waals surface area contributed by atoms with Crippen molar-refractivity contribution in [3.8, 4) is 0 Å². The smallest absolute Gasteiger partial charge is 0.371 e. The normalized spacial score (nSPS) is 10.4. The fourth-order valence-corrected chi connectivity index (χ4v) is 1.44. The first kappa shape index (κ1) is 11.3. The second-order valence-electron chi connectivity index (χ2n) is 3.55. The summed E-state index contributed by atoms with van der Waals surface area (Å²) < 4.78 is 7.03. The van der Waals surface area contributed by atoms with Crippen LogP contribution in [-0.2, 0) is 6.54 Å². The highest BCUT2D eigenvalue weighted by molar-refractivity contribution is 5.84. The van der Waals surface area contributed by atoms with Crippen LogP contribution in [0, 0.1) is 0 Å². The number of furan rings is 1. The lowest BCUT2D eigenvalue weighted by Gasteiger charge is -2.03. The van der Waals surface area contributed by atoms with Crippen molar-refractivity contribution in [3.63, 3.8) is 0 Å². The van der Waals surface area contributed by atoms with Crippen LogP contribution in [0.25, 0.3) is 0 Å². The van der Waals surface area contributed by atoms with Gasteiger partial charge < -0.3 is 19.4 Å². The molecule has 0 radical (unpaired) electrons. The minimum Gasteiger partial charge on any atom is -0.475 e. The van der Waals surface area contributed by atoms with E-state index in [1.807, 2.05) is 10.8 Å². The quantitative estimate of drug-likeness (QED) is 0.744. The maximum atomic E-state index is 10.6. The summed E-state index contributed by atoms with van der Waals surface area (Å²) in [5, 5.41) is 11.7. The van der Waals surface area contributed by atoms with Gasteiger partial charge in [0.05, 0.1) is 6.33 Å². The van der Waals surface area contributed by atoms with E-state index in [-0.39, 0.29) is 5.76 Å². The molecule has 0 spiro atoms. The van der Waals surface area contributed by atoms with E-state index in [9.17, 15) is 4.79 Å². The summed E-state index contributed by atoms with van der Waals surface area (Å²) in [5.41, 5.74) is 0. The van der Waals surface area contributed by atoms with Crippen molar-refractivity contribution in [1.82, 2.24) is 9.55 Å². The molecule has 0 saturated carbocycles. The van der Waals surface area contributed by atoms with Gasteiger partial charge in [-0.25, -0.2) is 9.78 Å². The van der Waals surface area contributed by atoms with Gasteiger partial charge in [-0.15, -0.1) is 0 Å². The molecule has 0 aromatic carbocycles. The van der Waals surface area contributed by atoms with E-state index in [4.69, 9.17) is 9.52 Å². The molecule has 0 fully saturated rings. The number of imidazole rings is 1. The Morgan fingerprint density at radius 1 is 1.53 bits per heavy atom. The summed E-state index contributed by atoms with van der Waals surface area (Å²) in [5.74, 6) is -0.633. The number of carboxylic acid groups (broad SMARTS) is 1. The molecule has 0 bridgehead atoms. The largest absolute Gasteiger partial charge is 0.475 e. The molecule has 0 aliphatic rings. The number of anilines is 1. The lowest BCUT2D eigenvalue weighted by Crippen LogP contribution is -2.05. The van der Waals surface area contributed by atoms with Crippen molar-refractivity contribution in [1.29, 1.82) is 0 Å². The first-order chi connectivity index (χ1) is 8.25. The second-order valence-corrected chi connectivity index (χ2v) is 3.55. The van der Waals surface area contributed by atoms with Crippen LogP contribution in [0.1, 0.15) is 17.0 Å². The third-order valence-electron chi connectivity index (χ3n) is 2.27. The van der Waals surface area contributed by atoms with E-state index in [2.05, 4.69) is 10.3 Å². The first-order valence-corrected chi connectivity index (χ1v) is 5.28. The van der Waals surface area contributed by atoms with Crippen molar-refractivity contribution in [2.45, 2.75) is 13.0 Å². The fourth-order valence-electron chi connectivity index (χ4n) is 1.44. The second kappa shape index (κ2) is 5.20. The van der Waals surface area contributed by atoms with E-state index < -0.39 is 5.97 Å². The highest BCUT2D eigenvalue weighted by Gasteiger charge is 2.07. The number of aromatic nitrogens is 2. The van der Waals surface area contributed by atoms with Crippen molar-refractivity contribution < 1.29 is 14.3 Å². The summed E-state index contributed by atoms with van der Waals surface area (Å²) in [7, 11) is 0. The third kappa shape index (κ3) is 3.10. The maximum Gasteiger partial charge on any atom is 0.371 e. The van der Waals surface area contributed by atoms with E-state index >= 15 is 0 Å². The lowest BCUT2D eigenvalue weighted by molar-refractivity contribution is 0.0663. The fraction of sp³-hybridized carbons (Fsp3) is 0.273. The van der Waals surface area contributed by atoms with Gasteiger partial charge in [0.2, 0.25) is 5.76 Å². The van der Waals surface area contributed by atoms with Gasteiger partial charge in [-0.1, -0.05) is 0 Å². The van der Waals surface area contributed by atoms with Crippen LogP contribution in [0.4, 0.5) is 5.88 Å². The van der Waals surface area contributed by atoms with Crippen molar-refractivity contribution in [2.24, 2.45) is 0 Å². The average Bonchev–Trinajstić information content (AvgIpc) is 2.96. The van der Waals surface area contributed by atoms with Gasteiger partial charge in [0.15, 0.2) is 5.88 Å². The van der Waals surface area contributed by atoms with Gasteiger partial charge in [0.25, 0.3) is 0 Å². The van der Waals surface area contributed by atoms with Gasteiger partial charge in [0.1, 0.15) is 0 Å². The van der Waals surface area contributed by atoms with E-state index in [1.54, 1.807) is 18.6 Å². The summed E-state index contributed by atoms with van der Waals surface area (Å²) in [6.07, 6.45) is 6.30. The number of carbonyl (C=O) groups is 1. The number of aromatic carboxylic acids is 1. The van der Waals surface area contributed by atoms with Crippen LogP contribution in [0.2, 0.25) is 0 Å². The molecule has 0 unspecified atom stereocenters. The van der Waals surface area contributed by atoms with Crippen LogP contribution in [-0.4, -0.2) is 27.2 Å². The Kier molecular flexibility index (Phi) is 3.44. The zero-order chi connectivity index (χ0) is 12.1. The highest BCUT2D eigenvalue weighted by Crippen LogP contribution is 2.12. The Labute approximate surface area is 97.9 Å².